The first-order chi connectivity index (χ1) is 29.4. The molecule has 0 atom stereocenters. The number of fused-ring (bicyclic) bond motifs is 1. The molecular weight excluding hydrogens is 802 g/mol. The van der Waals surface area contributed by atoms with Gasteiger partial charge >= 0.3 is 12.3 Å². The monoisotopic (exact) mass is 852 g/mol. The number of benzene rings is 2. The van der Waals surface area contributed by atoms with Gasteiger partial charge in [0, 0.05) is 82.4 Å². The Morgan fingerprint density at radius 1 is 0.952 bits per heavy atom. The van der Waals surface area contributed by atoms with E-state index in [4.69, 9.17) is 4.74 Å². The van der Waals surface area contributed by atoms with E-state index in [1.54, 1.807) is 58.2 Å². The molecule has 0 bridgehead atoms. The van der Waals surface area contributed by atoms with E-state index in [1.165, 1.54) is 38.1 Å². The maximum atomic E-state index is 14.3. The highest BCUT2D eigenvalue weighted by Crippen LogP contribution is 2.36. The summed E-state index contributed by atoms with van der Waals surface area (Å²) < 4.78 is 50.2. The zero-order chi connectivity index (χ0) is 44.3. The van der Waals surface area contributed by atoms with Crippen LogP contribution >= 0.6 is 0 Å². The Morgan fingerprint density at radius 3 is 2.39 bits per heavy atom. The van der Waals surface area contributed by atoms with Crippen molar-refractivity contribution < 1.29 is 37.1 Å². The van der Waals surface area contributed by atoms with Gasteiger partial charge in [-0.2, -0.15) is 13.2 Å². The van der Waals surface area contributed by atoms with Gasteiger partial charge in [-0.05, 0) is 87.9 Å². The van der Waals surface area contributed by atoms with Crippen molar-refractivity contribution in [1.82, 2.24) is 29.2 Å². The van der Waals surface area contributed by atoms with E-state index >= 15 is 0 Å². The lowest BCUT2D eigenvalue weighted by Gasteiger charge is -2.35. The molecule has 3 amide bonds. The minimum Gasteiger partial charge on any atom is -0.443 e. The quantitative estimate of drug-likeness (QED) is 0.160. The molecular formula is C46H51F3N8O5. The molecule has 0 radical (unpaired) electrons. The molecule has 7 rings (SSSR count). The van der Waals surface area contributed by atoms with Crippen LogP contribution in [0.15, 0.2) is 54.7 Å². The number of ether oxygens (including phenoxy) is 1. The summed E-state index contributed by atoms with van der Waals surface area (Å²) in [5.74, 6) is 6.04. The van der Waals surface area contributed by atoms with Crippen molar-refractivity contribution in [2.45, 2.75) is 71.7 Å². The molecule has 2 N–H and O–H groups in total. The van der Waals surface area contributed by atoms with Gasteiger partial charge in [-0.1, -0.05) is 30.0 Å². The van der Waals surface area contributed by atoms with Crippen LogP contribution < -0.4 is 10.6 Å². The first kappa shape index (κ1) is 44.0. The van der Waals surface area contributed by atoms with Crippen molar-refractivity contribution in [3.05, 3.63) is 93.8 Å². The van der Waals surface area contributed by atoms with E-state index in [0.29, 0.717) is 58.8 Å². The lowest BCUT2D eigenvalue weighted by molar-refractivity contribution is -0.138. The van der Waals surface area contributed by atoms with E-state index in [9.17, 15) is 32.3 Å². The number of hydrogen-bond donors (Lipinski definition) is 2. The van der Waals surface area contributed by atoms with Crippen LogP contribution in [-0.4, -0.2) is 104 Å². The molecule has 16 heteroatoms. The zero-order valence-electron chi connectivity index (χ0n) is 35.6. The molecule has 62 heavy (non-hydrogen) atoms. The fourth-order valence-electron chi connectivity index (χ4n) is 7.65. The van der Waals surface area contributed by atoms with Gasteiger partial charge in [0.05, 0.1) is 35.3 Å². The van der Waals surface area contributed by atoms with Crippen LogP contribution in [0.5, 0.6) is 0 Å². The summed E-state index contributed by atoms with van der Waals surface area (Å²) in [5.41, 5.74) is 2.15. The molecule has 2 aromatic carbocycles. The number of anilines is 2. The molecule has 2 aromatic heterocycles. The van der Waals surface area contributed by atoms with Crippen LogP contribution in [0.25, 0.3) is 11.4 Å². The Morgan fingerprint density at radius 2 is 1.69 bits per heavy atom. The number of amides is 3. The van der Waals surface area contributed by atoms with Gasteiger partial charge in [-0.25, -0.2) is 19.7 Å². The summed E-state index contributed by atoms with van der Waals surface area (Å²) in [7, 11) is 1.79. The Hall–Kier alpha value is -6.05. The maximum absolute atomic E-state index is 14.3. The maximum Gasteiger partial charge on any atom is 0.417 e. The molecule has 326 valence electrons. The lowest BCUT2D eigenvalue weighted by atomic mass is 10.0. The number of ketones is 1. The van der Waals surface area contributed by atoms with Crippen LogP contribution in [0.3, 0.4) is 0 Å². The van der Waals surface area contributed by atoms with Crippen molar-refractivity contribution in [2.24, 2.45) is 13.0 Å². The molecule has 4 heterocycles. The summed E-state index contributed by atoms with van der Waals surface area (Å²) in [4.78, 5) is 66.0. The topological polar surface area (TPSA) is 142 Å². The molecule has 13 nitrogen and oxygen atoms in total. The van der Waals surface area contributed by atoms with Crippen molar-refractivity contribution in [2.75, 3.05) is 56.4 Å². The smallest absolute Gasteiger partial charge is 0.417 e. The van der Waals surface area contributed by atoms with Gasteiger partial charge in [0.25, 0.3) is 5.91 Å². The third kappa shape index (κ3) is 11.1. The van der Waals surface area contributed by atoms with Crippen LogP contribution in [0.2, 0.25) is 0 Å². The van der Waals surface area contributed by atoms with Crippen molar-refractivity contribution in [3.63, 3.8) is 0 Å². The molecule has 0 unspecified atom stereocenters. The van der Waals surface area contributed by atoms with E-state index in [1.807, 2.05) is 4.57 Å². The second-order valence-electron chi connectivity index (χ2n) is 17.2. The average Bonchev–Trinajstić information content (AvgIpc) is 3.96. The number of hydrogen-bond acceptors (Lipinski definition) is 10. The number of rotatable bonds is 11. The van der Waals surface area contributed by atoms with Gasteiger partial charge in [0.2, 0.25) is 11.9 Å². The largest absolute Gasteiger partial charge is 0.443 e. The van der Waals surface area contributed by atoms with Gasteiger partial charge in [-0.15, -0.1) is 0 Å². The van der Waals surface area contributed by atoms with Crippen LogP contribution in [0.4, 0.5) is 29.6 Å². The highest BCUT2D eigenvalue weighted by Gasteiger charge is 2.36. The summed E-state index contributed by atoms with van der Waals surface area (Å²) in [5, 5.41) is 5.55. The molecule has 1 saturated heterocycles. The number of imide groups is 1. The Bertz CT molecular complexity index is 2430. The van der Waals surface area contributed by atoms with Gasteiger partial charge in [0.1, 0.15) is 17.1 Å². The number of piperazine rings is 1. The second kappa shape index (κ2) is 18.1. The lowest BCUT2D eigenvalue weighted by Crippen LogP contribution is -2.46. The van der Waals surface area contributed by atoms with Crippen molar-refractivity contribution >= 4 is 35.3 Å². The van der Waals surface area contributed by atoms with Crippen LogP contribution in [0, 0.1) is 17.8 Å². The predicted octanol–water partition coefficient (Wildman–Crippen LogP) is 6.54. The number of alkyl halides is 3. The molecule has 2 aliphatic heterocycles. The molecule has 0 spiro atoms. The number of nitrogens with zero attached hydrogens (tertiary/aromatic N) is 6. The predicted molar refractivity (Wildman–Crippen MR) is 227 cm³/mol. The van der Waals surface area contributed by atoms with E-state index in [0.717, 1.165) is 36.5 Å². The summed E-state index contributed by atoms with van der Waals surface area (Å²) in [6.07, 6.45) is -1.02. The van der Waals surface area contributed by atoms with Gasteiger partial charge in [0.15, 0.2) is 0 Å². The molecule has 2 fully saturated rings. The Kier molecular flexibility index (Phi) is 12.9. The number of aromatic nitrogens is 3. The summed E-state index contributed by atoms with van der Waals surface area (Å²) >= 11 is 0. The first-order valence-electron chi connectivity index (χ1n) is 20.8. The third-order valence-corrected chi connectivity index (χ3v) is 11.0. The Balaban J connectivity index is 1.07. The second-order valence-corrected chi connectivity index (χ2v) is 17.2. The molecule has 3 aliphatic rings. The fraction of sp³-hybridized carbons (Fsp3) is 0.435. The first-order valence-corrected chi connectivity index (χ1v) is 20.8. The Labute approximate surface area is 359 Å². The number of carbonyl (C=O) groups is 4. The SMILES string of the molecule is CC(=O)CNc1ncc(C#Cc2cccc(CC(=O)Nc3ccc(CN4CCN(CC5CC5)CC4)c(C(F)(F)F)c3)c2)c(-c2cc3c(n2C)CCN(C(=O)OC(C)(C)C)C3=O)n1. The normalized spacial score (nSPS) is 16.0. The number of Topliss-reactive ketones (excluding diaryl/α,β-unsaturated/α-hetero) is 1. The minimum absolute atomic E-state index is 0.00926. The average molecular weight is 853 g/mol. The van der Waals surface area contributed by atoms with Crippen molar-refractivity contribution in [1.29, 1.82) is 0 Å². The van der Waals surface area contributed by atoms with E-state index in [-0.39, 0.29) is 49.0 Å². The van der Waals surface area contributed by atoms with Gasteiger partial charge < -0.3 is 24.8 Å². The standard InChI is InChI=1S/C46H51F3N8O5/c1-29(58)25-50-43-51-26-33(41(53-43)39-24-36-38(54(39)5)15-16-57(42(36)60)44(61)62-45(2,3)4)12-11-30-7-6-8-32(21-30)22-40(59)52-35-14-13-34(37(23-35)46(47,48)49)28-56-19-17-55(18-20-56)27-31-9-10-31/h6-8,13-14,21,23-24,26,31H,9-10,15-20,22,25,27-28H2,1-5H3,(H,52,59)(H,50,51,53). The highest BCUT2D eigenvalue weighted by atomic mass is 19.4. The molecule has 4 aromatic rings. The zero-order valence-corrected chi connectivity index (χ0v) is 35.6. The fourth-order valence-corrected chi connectivity index (χ4v) is 7.65. The number of halogens is 3. The highest BCUT2D eigenvalue weighted by molar-refractivity contribution is 6.05. The minimum atomic E-state index is -4.59. The van der Waals surface area contributed by atoms with E-state index in [2.05, 4.69) is 42.2 Å². The van der Waals surface area contributed by atoms with Crippen LogP contribution in [0.1, 0.15) is 84.4 Å². The van der Waals surface area contributed by atoms with Crippen LogP contribution in [-0.2, 0) is 46.9 Å². The van der Waals surface area contributed by atoms with Gasteiger partial charge in [-0.3, -0.25) is 19.3 Å². The van der Waals surface area contributed by atoms with E-state index < -0.39 is 35.2 Å². The molecule has 1 aliphatic carbocycles. The van der Waals surface area contributed by atoms with Crippen molar-refractivity contribution in [3.8, 4) is 23.2 Å². The summed E-state index contributed by atoms with van der Waals surface area (Å²) in [6, 6.07) is 12.6. The summed E-state index contributed by atoms with van der Waals surface area (Å²) in [6.45, 7) is 11.1. The number of carbonyl (C=O) groups excluding carboxylic acids is 4. The molecule has 1 saturated carbocycles. The third-order valence-electron chi connectivity index (χ3n) is 11.0. The number of nitrogens with one attached hydrogen (secondary N) is 2.